The molecule has 1 amide bonds. The summed E-state index contributed by atoms with van der Waals surface area (Å²) in [5.74, 6) is -0.549. The monoisotopic (exact) mass is 1130 g/mol. The van der Waals surface area contributed by atoms with Crippen LogP contribution in [0.5, 0.6) is 0 Å². The quantitative estimate of drug-likeness (QED) is 0.0205. The van der Waals surface area contributed by atoms with Crippen molar-refractivity contribution >= 4 is 19.7 Å². The van der Waals surface area contributed by atoms with Crippen molar-refractivity contribution in [3.8, 4) is 0 Å². The first kappa shape index (κ1) is 76.2. The lowest BCUT2D eigenvalue weighted by Crippen LogP contribution is -2.47. The molecule has 0 aromatic heterocycles. The van der Waals surface area contributed by atoms with Gasteiger partial charge in [0.1, 0.15) is 19.3 Å². The van der Waals surface area contributed by atoms with Crippen molar-refractivity contribution in [3.63, 3.8) is 0 Å². The summed E-state index contributed by atoms with van der Waals surface area (Å²) in [5.41, 5.74) is 0. The highest BCUT2D eigenvalue weighted by Crippen LogP contribution is 2.43. The molecule has 0 radical (unpaired) electrons. The van der Waals surface area contributed by atoms with E-state index in [0.29, 0.717) is 23.9 Å². The predicted octanol–water partition coefficient (Wildman–Crippen LogP) is 20.6. The van der Waals surface area contributed by atoms with Gasteiger partial charge in [-0.2, -0.15) is 0 Å². The van der Waals surface area contributed by atoms with Crippen LogP contribution in [0.2, 0.25) is 0 Å². The van der Waals surface area contributed by atoms with Gasteiger partial charge in [0.15, 0.2) is 0 Å². The van der Waals surface area contributed by atoms with Crippen LogP contribution in [0.15, 0.2) is 85.1 Å². The van der Waals surface area contributed by atoms with E-state index < -0.39 is 20.0 Å². The number of hydrogen-bond donors (Lipinski definition) is 2. The Morgan fingerprint density at radius 1 is 0.456 bits per heavy atom. The summed E-state index contributed by atoms with van der Waals surface area (Å²) in [4.78, 5) is 37.8. The SMILES string of the molecule is CC/C=C\C/C=C\C/C=C\C/C=C\C/C=C\C/C=C\CCCCC(=O)OC(/C=C/CCCCCCCCCCCCC)C(COP(=O)(O)OCC[N+](C)(C)C)NC(=O)CCCCCCCCCCCCCCCCCCCCC. The second-order valence-electron chi connectivity index (χ2n) is 23.3. The lowest BCUT2D eigenvalue weighted by atomic mass is 10.0. The fourth-order valence-corrected chi connectivity index (χ4v) is 10.0. The Morgan fingerprint density at radius 2 is 0.810 bits per heavy atom. The molecule has 0 aliphatic heterocycles. The van der Waals surface area contributed by atoms with E-state index in [1.54, 1.807) is 0 Å². The van der Waals surface area contributed by atoms with E-state index in [4.69, 9.17) is 13.8 Å². The summed E-state index contributed by atoms with van der Waals surface area (Å²) < 4.78 is 30.7. The van der Waals surface area contributed by atoms with Gasteiger partial charge in [-0.15, -0.1) is 0 Å². The van der Waals surface area contributed by atoms with Gasteiger partial charge in [-0.05, 0) is 83.1 Å². The van der Waals surface area contributed by atoms with Crippen LogP contribution in [-0.2, 0) is 27.9 Å². The molecule has 9 nitrogen and oxygen atoms in total. The Morgan fingerprint density at radius 3 is 1.23 bits per heavy atom. The number of amides is 1. The molecule has 79 heavy (non-hydrogen) atoms. The first-order valence-electron chi connectivity index (χ1n) is 32.9. The standard InChI is InChI=1S/C69H125N2O7P/c1-7-10-13-16-19-22-25-28-30-32-34-35-37-39-41-44-47-50-53-56-59-62-69(73)78-67(60-57-54-51-48-45-42-27-24-21-18-15-12-9-3)66(65-77-79(74,75)76-64-63-71(4,5)6)70-68(72)61-58-55-52-49-46-43-40-38-36-33-31-29-26-23-20-17-14-11-8-2/h10,13,19,22,28,30,34-35,39,41,47,50,57,60,66-67H,7-9,11-12,14-18,20-21,23-27,29,31-33,36-38,40,42-46,48-49,51-56,58-59,61-65H2,1-6H3,(H-,70,72,74,75)/p+1/b13-10-,22-19-,30-28-,35-34-,41-39-,50-47-,60-57+. The average Bonchev–Trinajstić information content (AvgIpc) is 3.41. The largest absolute Gasteiger partial charge is 0.472 e. The lowest BCUT2D eigenvalue weighted by Gasteiger charge is -2.27. The number of ether oxygens (including phenoxy) is 1. The fraction of sp³-hybridized carbons (Fsp3) is 0.768. The van der Waals surface area contributed by atoms with E-state index >= 15 is 0 Å². The maximum atomic E-state index is 13.6. The Labute approximate surface area is 488 Å². The third-order valence-electron chi connectivity index (χ3n) is 14.3. The topological polar surface area (TPSA) is 111 Å². The number of hydrogen-bond acceptors (Lipinski definition) is 6. The van der Waals surface area contributed by atoms with Crippen LogP contribution in [-0.4, -0.2) is 74.3 Å². The van der Waals surface area contributed by atoms with E-state index in [1.807, 2.05) is 33.3 Å². The predicted molar refractivity (Wildman–Crippen MR) is 341 cm³/mol. The second kappa shape index (κ2) is 58.4. The molecule has 3 unspecified atom stereocenters. The molecule has 3 atom stereocenters. The minimum atomic E-state index is -4.46. The molecule has 0 aliphatic rings. The highest BCUT2D eigenvalue weighted by atomic mass is 31.2. The fourth-order valence-electron chi connectivity index (χ4n) is 9.30. The Bertz CT molecular complexity index is 1630. The molecule has 0 spiro atoms. The number of carbonyl (C=O) groups excluding carboxylic acids is 2. The second-order valence-corrected chi connectivity index (χ2v) is 24.7. The molecule has 0 aliphatic carbocycles. The molecule has 0 saturated heterocycles. The van der Waals surface area contributed by atoms with E-state index in [0.717, 1.165) is 89.9 Å². The Hall–Kier alpha value is -2.81. The third kappa shape index (κ3) is 59.6. The highest BCUT2D eigenvalue weighted by Gasteiger charge is 2.30. The number of unbranched alkanes of at least 4 members (excludes halogenated alkanes) is 31. The average molecular weight is 1130 g/mol. The van der Waals surface area contributed by atoms with E-state index in [-0.39, 0.29) is 31.5 Å². The number of rotatable bonds is 59. The van der Waals surface area contributed by atoms with Crippen LogP contribution in [0.3, 0.4) is 0 Å². The van der Waals surface area contributed by atoms with E-state index in [9.17, 15) is 19.0 Å². The minimum Gasteiger partial charge on any atom is -0.456 e. The van der Waals surface area contributed by atoms with Gasteiger partial charge in [0.05, 0.1) is 33.8 Å². The number of allylic oxidation sites excluding steroid dienone is 13. The molecular formula is C69H126N2O7P+. The van der Waals surface area contributed by atoms with Crippen molar-refractivity contribution in [2.45, 2.75) is 303 Å². The summed E-state index contributed by atoms with van der Waals surface area (Å²) in [7, 11) is 1.47. The molecule has 0 rings (SSSR count). The number of phosphoric acid groups is 1. The van der Waals surface area contributed by atoms with Gasteiger partial charge in [-0.1, -0.05) is 280 Å². The zero-order valence-electron chi connectivity index (χ0n) is 52.3. The number of nitrogens with one attached hydrogen (secondary N) is 1. The van der Waals surface area contributed by atoms with Crippen molar-refractivity contribution in [2.75, 3.05) is 40.9 Å². The van der Waals surface area contributed by atoms with E-state index in [1.165, 1.54) is 161 Å². The van der Waals surface area contributed by atoms with Crippen LogP contribution in [0.4, 0.5) is 0 Å². The van der Waals surface area contributed by atoms with Crippen molar-refractivity contribution < 1.29 is 37.3 Å². The molecule has 0 aromatic rings. The van der Waals surface area contributed by atoms with Gasteiger partial charge in [0.2, 0.25) is 5.91 Å². The van der Waals surface area contributed by atoms with Gasteiger partial charge < -0.3 is 19.4 Å². The van der Waals surface area contributed by atoms with Crippen LogP contribution in [0, 0.1) is 0 Å². The zero-order chi connectivity index (χ0) is 57.9. The number of quaternary nitrogens is 1. The highest BCUT2D eigenvalue weighted by molar-refractivity contribution is 7.47. The summed E-state index contributed by atoms with van der Waals surface area (Å²) in [6.07, 6.45) is 77.3. The third-order valence-corrected chi connectivity index (χ3v) is 15.3. The summed E-state index contributed by atoms with van der Waals surface area (Å²) in [6, 6.07) is -0.869. The van der Waals surface area contributed by atoms with Gasteiger partial charge in [-0.25, -0.2) is 4.57 Å². The molecule has 2 N–H and O–H groups in total. The number of likely N-dealkylation sites (N-methyl/N-ethyl adjacent to an activating group) is 1. The molecule has 458 valence electrons. The van der Waals surface area contributed by atoms with Gasteiger partial charge in [0, 0.05) is 12.8 Å². The number of esters is 1. The van der Waals surface area contributed by atoms with Crippen molar-refractivity contribution in [1.29, 1.82) is 0 Å². The summed E-state index contributed by atoms with van der Waals surface area (Å²) >= 11 is 0. The zero-order valence-corrected chi connectivity index (χ0v) is 53.2. The van der Waals surface area contributed by atoms with Crippen molar-refractivity contribution in [3.05, 3.63) is 85.1 Å². The minimum absolute atomic E-state index is 0.0313. The van der Waals surface area contributed by atoms with Crippen molar-refractivity contribution in [1.82, 2.24) is 5.32 Å². The van der Waals surface area contributed by atoms with Gasteiger partial charge in [0.25, 0.3) is 0 Å². The van der Waals surface area contributed by atoms with Gasteiger partial charge >= 0.3 is 13.8 Å². The summed E-state index contributed by atoms with van der Waals surface area (Å²) in [5, 5.41) is 3.05. The molecule has 0 saturated carbocycles. The van der Waals surface area contributed by atoms with Crippen LogP contribution in [0.1, 0.15) is 290 Å². The molecule has 0 heterocycles. The molecule has 0 aromatic carbocycles. The maximum Gasteiger partial charge on any atom is 0.472 e. The van der Waals surface area contributed by atoms with Gasteiger partial charge in [-0.3, -0.25) is 18.6 Å². The normalized spacial score (nSPS) is 14.2. The van der Waals surface area contributed by atoms with Crippen LogP contribution < -0.4 is 5.32 Å². The Balaban J connectivity index is 5.30. The number of carbonyl (C=O) groups is 2. The smallest absolute Gasteiger partial charge is 0.456 e. The number of nitrogens with zero attached hydrogens (tertiary/aromatic N) is 1. The molecular weight excluding hydrogens is 1000 g/mol. The van der Waals surface area contributed by atoms with Crippen LogP contribution in [0.25, 0.3) is 0 Å². The Kier molecular flexibility index (Phi) is 56.3. The molecule has 10 heteroatoms. The lowest BCUT2D eigenvalue weighted by molar-refractivity contribution is -0.870. The van der Waals surface area contributed by atoms with Crippen LogP contribution >= 0.6 is 7.82 Å². The van der Waals surface area contributed by atoms with Crippen molar-refractivity contribution in [2.24, 2.45) is 0 Å². The maximum absolute atomic E-state index is 13.6. The molecule has 0 bridgehead atoms. The summed E-state index contributed by atoms with van der Waals surface area (Å²) in [6.45, 7) is 6.90. The van der Waals surface area contributed by atoms with E-state index in [2.05, 4.69) is 99.0 Å². The first-order valence-corrected chi connectivity index (χ1v) is 34.4. The number of phosphoric ester groups is 1. The molecule has 0 fully saturated rings. The first-order chi connectivity index (χ1) is 38.4.